The van der Waals surface area contributed by atoms with Crippen LogP contribution in [-0.2, 0) is 9.59 Å². The number of nitriles is 1. The molecule has 1 aromatic heterocycles. The smallest absolute Gasteiger partial charge is 0.234 e. The predicted octanol–water partition coefficient (Wildman–Crippen LogP) is 4.10. The van der Waals surface area contributed by atoms with Crippen molar-refractivity contribution in [3.8, 4) is 17.6 Å². The molecule has 1 aromatic carbocycles. The van der Waals surface area contributed by atoms with Crippen LogP contribution in [0.3, 0.4) is 0 Å². The number of dihydropyridines is 1. The van der Waals surface area contributed by atoms with Gasteiger partial charge in [-0.25, -0.2) is 0 Å². The zero-order valence-corrected chi connectivity index (χ0v) is 19.1. The maximum absolute atomic E-state index is 12.7. The van der Waals surface area contributed by atoms with E-state index in [1.165, 1.54) is 25.1 Å². The number of nitrogens with zero attached hydrogens (tertiary/aromatic N) is 1. The minimum atomic E-state index is -0.571. The summed E-state index contributed by atoms with van der Waals surface area (Å²) in [6, 6.07) is 10.9. The number of ketones is 1. The van der Waals surface area contributed by atoms with Gasteiger partial charge in [-0.3, -0.25) is 9.59 Å². The van der Waals surface area contributed by atoms with Gasteiger partial charge in [0.2, 0.25) is 5.91 Å². The molecule has 8 nitrogen and oxygen atoms in total. The summed E-state index contributed by atoms with van der Waals surface area (Å²) in [7, 11) is 3.07. The third-order valence-electron chi connectivity index (χ3n) is 5.52. The second-order valence-corrected chi connectivity index (χ2v) is 8.49. The molecule has 4 rings (SSSR count). The Morgan fingerprint density at radius 2 is 2.15 bits per heavy atom. The molecule has 170 valence electrons. The standard InChI is InChI=1S/C24H23N3O5S/c1-30-14-8-9-19(31-2)17(11-14)26-21(29)13-33-24-15(12-25)22(20-7-4-10-32-20)23-16(27-24)5-3-6-18(23)28/h4,7-11,22,27H,3,5-6,13H2,1-2H3,(H,26,29)/t22-/m0/s1. The number of Topliss-reactive ketones (excluding diaryl/α,β-unsaturated/α-hetero) is 1. The molecule has 2 heterocycles. The predicted molar refractivity (Wildman–Crippen MR) is 124 cm³/mol. The van der Waals surface area contributed by atoms with E-state index in [1.54, 1.807) is 37.4 Å². The topological polar surface area (TPSA) is 114 Å². The molecule has 0 unspecified atom stereocenters. The normalized spacial score (nSPS) is 17.7. The highest BCUT2D eigenvalue weighted by molar-refractivity contribution is 8.03. The average molecular weight is 466 g/mol. The van der Waals surface area contributed by atoms with Crippen molar-refractivity contribution >= 4 is 29.1 Å². The number of furan rings is 1. The van der Waals surface area contributed by atoms with Gasteiger partial charge < -0.3 is 24.5 Å². The third kappa shape index (κ3) is 4.61. The number of hydrogen-bond acceptors (Lipinski definition) is 8. The highest BCUT2D eigenvalue weighted by atomic mass is 32.2. The van der Waals surface area contributed by atoms with E-state index >= 15 is 0 Å². The van der Waals surface area contributed by atoms with E-state index in [0.717, 1.165) is 12.1 Å². The lowest BCUT2D eigenvalue weighted by Gasteiger charge is -2.32. The monoisotopic (exact) mass is 465 g/mol. The van der Waals surface area contributed by atoms with E-state index in [0.29, 0.717) is 52.0 Å². The third-order valence-corrected chi connectivity index (χ3v) is 6.54. The van der Waals surface area contributed by atoms with Crippen molar-refractivity contribution in [1.82, 2.24) is 5.32 Å². The van der Waals surface area contributed by atoms with Gasteiger partial charge >= 0.3 is 0 Å². The molecule has 0 bridgehead atoms. The number of anilines is 1. The maximum atomic E-state index is 12.7. The molecule has 9 heteroatoms. The Morgan fingerprint density at radius 3 is 2.85 bits per heavy atom. The number of ether oxygens (including phenoxy) is 2. The molecule has 1 amide bonds. The molecular formula is C24H23N3O5S. The number of methoxy groups -OCH3 is 2. The number of carbonyl (C=O) groups excluding carboxylic acids is 2. The van der Waals surface area contributed by atoms with Gasteiger partial charge in [-0.1, -0.05) is 11.8 Å². The van der Waals surface area contributed by atoms with Crippen LogP contribution in [0, 0.1) is 11.3 Å². The molecule has 0 fully saturated rings. The Hall–Kier alpha value is -3.64. The van der Waals surface area contributed by atoms with Gasteiger partial charge in [-0.15, -0.1) is 0 Å². The second kappa shape index (κ2) is 9.88. The van der Waals surface area contributed by atoms with Crippen LogP contribution >= 0.6 is 11.8 Å². The zero-order chi connectivity index (χ0) is 23.4. The van der Waals surface area contributed by atoms with E-state index in [9.17, 15) is 14.9 Å². The molecule has 1 atom stereocenters. The van der Waals surface area contributed by atoms with Gasteiger partial charge in [0.15, 0.2) is 5.78 Å². The van der Waals surface area contributed by atoms with Crippen molar-refractivity contribution in [2.24, 2.45) is 0 Å². The number of benzene rings is 1. The lowest BCUT2D eigenvalue weighted by molar-refractivity contribution is -0.116. The van der Waals surface area contributed by atoms with E-state index < -0.39 is 5.92 Å². The molecule has 1 aliphatic carbocycles. The van der Waals surface area contributed by atoms with Crippen LogP contribution in [0.25, 0.3) is 0 Å². The largest absolute Gasteiger partial charge is 0.497 e. The molecule has 0 saturated heterocycles. The molecule has 2 aromatic rings. The fourth-order valence-electron chi connectivity index (χ4n) is 4.01. The Balaban J connectivity index is 1.56. The molecule has 0 radical (unpaired) electrons. The quantitative estimate of drug-likeness (QED) is 0.628. The van der Waals surface area contributed by atoms with Gasteiger partial charge in [-0.05, 0) is 37.1 Å². The molecule has 1 aliphatic heterocycles. The first-order chi connectivity index (χ1) is 16.0. The number of rotatable bonds is 7. The van der Waals surface area contributed by atoms with Crippen molar-refractivity contribution < 1.29 is 23.5 Å². The number of allylic oxidation sites excluding steroid dienone is 3. The van der Waals surface area contributed by atoms with Gasteiger partial charge in [-0.2, -0.15) is 5.26 Å². The zero-order valence-electron chi connectivity index (χ0n) is 18.3. The van der Waals surface area contributed by atoms with Crippen LogP contribution < -0.4 is 20.1 Å². The summed E-state index contributed by atoms with van der Waals surface area (Å²) >= 11 is 1.21. The highest BCUT2D eigenvalue weighted by Gasteiger charge is 2.38. The summed E-state index contributed by atoms with van der Waals surface area (Å²) < 4.78 is 16.1. The fraction of sp³-hybridized carbons (Fsp3) is 0.292. The maximum Gasteiger partial charge on any atom is 0.234 e. The fourth-order valence-corrected chi connectivity index (χ4v) is 4.88. The minimum Gasteiger partial charge on any atom is -0.497 e. The molecule has 0 spiro atoms. The number of hydrogen-bond donors (Lipinski definition) is 2. The summed E-state index contributed by atoms with van der Waals surface area (Å²) in [5, 5.41) is 16.6. The van der Waals surface area contributed by atoms with Gasteiger partial charge in [0.05, 0.1) is 54.5 Å². The molecular weight excluding hydrogens is 442 g/mol. The summed E-state index contributed by atoms with van der Waals surface area (Å²) in [4.78, 5) is 25.4. The van der Waals surface area contributed by atoms with Crippen molar-refractivity contribution in [1.29, 1.82) is 5.26 Å². The van der Waals surface area contributed by atoms with Crippen LogP contribution in [0.2, 0.25) is 0 Å². The van der Waals surface area contributed by atoms with Crippen LogP contribution in [0.4, 0.5) is 5.69 Å². The van der Waals surface area contributed by atoms with Crippen LogP contribution in [0.15, 0.2) is 62.9 Å². The van der Waals surface area contributed by atoms with E-state index in [1.807, 2.05) is 0 Å². The second-order valence-electron chi connectivity index (χ2n) is 7.50. The van der Waals surface area contributed by atoms with Crippen LogP contribution in [0.5, 0.6) is 11.5 Å². The van der Waals surface area contributed by atoms with E-state index in [2.05, 4.69) is 16.7 Å². The van der Waals surface area contributed by atoms with Crippen molar-refractivity contribution in [3.63, 3.8) is 0 Å². The number of carbonyl (C=O) groups is 2. The molecule has 0 saturated carbocycles. The summed E-state index contributed by atoms with van der Waals surface area (Å²) in [5.41, 5.74) is 2.24. The number of thioether (sulfide) groups is 1. The summed E-state index contributed by atoms with van der Waals surface area (Å²) in [6.45, 7) is 0. The lowest BCUT2D eigenvalue weighted by atomic mass is 9.79. The van der Waals surface area contributed by atoms with Gasteiger partial charge in [0, 0.05) is 23.8 Å². The molecule has 2 aliphatic rings. The van der Waals surface area contributed by atoms with Crippen molar-refractivity contribution in [3.05, 3.63) is 64.2 Å². The highest BCUT2D eigenvalue weighted by Crippen LogP contribution is 2.44. The Labute approximate surface area is 195 Å². The first-order valence-corrected chi connectivity index (χ1v) is 11.4. The van der Waals surface area contributed by atoms with Crippen molar-refractivity contribution in [2.45, 2.75) is 25.2 Å². The summed E-state index contributed by atoms with van der Waals surface area (Å²) in [6.07, 6.45) is 3.42. The van der Waals surface area contributed by atoms with Crippen LogP contribution in [-0.4, -0.2) is 31.7 Å². The Kier molecular flexibility index (Phi) is 6.75. The van der Waals surface area contributed by atoms with Gasteiger partial charge in [0.25, 0.3) is 0 Å². The van der Waals surface area contributed by atoms with Crippen molar-refractivity contribution in [2.75, 3.05) is 25.3 Å². The molecule has 33 heavy (non-hydrogen) atoms. The van der Waals surface area contributed by atoms with Crippen LogP contribution in [0.1, 0.15) is 30.9 Å². The Bertz CT molecular complexity index is 1180. The van der Waals surface area contributed by atoms with E-state index in [-0.39, 0.29) is 17.4 Å². The number of nitrogens with one attached hydrogen (secondary N) is 2. The van der Waals surface area contributed by atoms with Gasteiger partial charge in [0.1, 0.15) is 17.3 Å². The van der Waals surface area contributed by atoms with E-state index in [4.69, 9.17) is 13.9 Å². The average Bonchev–Trinajstić information content (AvgIpc) is 3.36. The lowest BCUT2D eigenvalue weighted by Crippen LogP contribution is -2.31. The summed E-state index contributed by atoms with van der Waals surface area (Å²) in [5.74, 6) is 0.865. The minimum absolute atomic E-state index is 0.0183. The Morgan fingerprint density at radius 1 is 1.30 bits per heavy atom. The first-order valence-electron chi connectivity index (χ1n) is 10.4. The molecule has 2 N–H and O–H groups in total. The first kappa shape index (κ1) is 22.6. The SMILES string of the molecule is COc1ccc(OC)c(NC(=O)CSC2=C(C#N)[C@@H](c3ccco3)C3=C(CCCC3=O)N2)c1. The number of amides is 1.